The first-order valence-electron chi connectivity index (χ1n) is 7.01. The minimum Gasteiger partial charge on any atom is -0.271 e. The molecule has 0 saturated carbocycles. The standard InChI is InChI=1S/C17H20F2N2/c1-11(2)12-6-8-13(9-7-12)16(21-20)10-14-4-3-5-15(18)17(14)19/h3-9,11,16,21H,10,20H2,1-2H3. The second-order valence-corrected chi connectivity index (χ2v) is 5.46. The summed E-state index contributed by atoms with van der Waals surface area (Å²) in [4.78, 5) is 0. The van der Waals surface area contributed by atoms with Crippen LogP contribution in [-0.4, -0.2) is 0 Å². The molecule has 0 fully saturated rings. The Bertz CT molecular complexity index is 594. The zero-order valence-corrected chi connectivity index (χ0v) is 12.2. The molecule has 0 aliphatic heterocycles. The molecule has 0 aliphatic rings. The fourth-order valence-corrected chi connectivity index (χ4v) is 2.31. The van der Waals surface area contributed by atoms with Crippen molar-refractivity contribution >= 4 is 0 Å². The van der Waals surface area contributed by atoms with Crippen LogP contribution in [0.2, 0.25) is 0 Å². The Morgan fingerprint density at radius 2 is 1.62 bits per heavy atom. The van der Waals surface area contributed by atoms with E-state index in [1.165, 1.54) is 11.6 Å². The van der Waals surface area contributed by atoms with Crippen LogP contribution in [0.5, 0.6) is 0 Å². The van der Waals surface area contributed by atoms with Crippen molar-refractivity contribution in [3.63, 3.8) is 0 Å². The summed E-state index contributed by atoms with van der Waals surface area (Å²) in [5.41, 5.74) is 5.16. The van der Waals surface area contributed by atoms with Crippen LogP contribution >= 0.6 is 0 Å². The predicted molar refractivity (Wildman–Crippen MR) is 80.7 cm³/mol. The zero-order valence-electron chi connectivity index (χ0n) is 12.2. The Labute approximate surface area is 124 Å². The highest BCUT2D eigenvalue weighted by Gasteiger charge is 2.15. The molecule has 0 aromatic heterocycles. The van der Waals surface area contributed by atoms with Gasteiger partial charge in [-0.25, -0.2) is 8.78 Å². The van der Waals surface area contributed by atoms with Crippen LogP contribution in [0.25, 0.3) is 0 Å². The van der Waals surface area contributed by atoms with Gasteiger partial charge in [-0.15, -0.1) is 0 Å². The van der Waals surface area contributed by atoms with Crippen LogP contribution in [0.1, 0.15) is 42.5 Å². The Morgan fingerprint density at radius 3 is 2.19 bits per heavy atom. The molecule has 0 bridgehead atoms. The molecule has 3 N–H and O–H groups in total. The second-order valence-electron chi connectivity index (χ2n) is 5.46. The van der Waals surface area contributed by atoms with Gasteiger partial charge in [0.1, 0.15) is 0 Å². The van der Waals surface area contributed by atoms with Crippen molar-refractivity contribution in [1.82, 2.24) is 5.43 Å². The molecular formula is C17H20F2N2. The Hall–Kier alpha value is -1.78. The van der Waals surface area contributed by atoms with E-state index in [2.05, 4.69) is 19.3 Å². The monoisotopic (exact) mass is 290 g/mol. The lowest BCUT2D eigenvalue weighted by atomic mass is 9.95. The van der Waals surface area contributed by atoms with Crippen LogP contribution in [0.15, 0.2) is 42.5 Å². The van der Waals surface area contributed by atoms with E-state index >= 15 is 0 Å². The normalized spacial score (nSPS) is 12.7. The molecule has 2 nitrogen and oxygen atoms in total. The number of hydrogen-bond acceptors (Lipinski definition) is 2. The maximum Gasteiger partial charge on any atom is 0.162 e. The molecule has 2 rings (SSSR count). The molecule has 1 unspecified atom stereocenters. The van der Waals surface area contributed by atoms with Gasteiger partial charge in [0.25, 0.3) is 0 Å². The molecule has 2 aromatic rings. The lowest BCUT2D eigenvalue weighted by Gasteiger charge is -2.18. The lowest BCUT2D eigenvalue weighted by molar-refractivity contribution is 0.481. The van der Waals surface area contributed by atoms with Crippen molar-refractivity contribution in [2.45, 2.75) is 32.2 Å². The third kappa shape index (κ3) is 3.65. The molecule has 0 heterocycles. The number of nitrogens with one attached hydrogen (secondary N) is 1. The average molecular weight is 290 g/mol. The van der Waals surface area contributed by atoms with E-state index in [0.717, 1.165) is 11.6 Å². The van der Waals surface area contributed by atoms with Crippen LogP contribution < -0.4 is 11.3 Å². The van der Waals surface area contributed by atoms with Gasteiger partial charge in [-0.2, -0.15) is 0 Å². The molecule has 4 heteroatoms. The van der Waals surface area contributed by atoms with Crippen LogP contribution in [0, 0.1) is 11.6 Å². The molecule has 2 aromatic carbocycles. The fraction of sp³-hybridized carbons (Fsp3) is 0.294. The van der Waals surface area contributed by atoms with Crippen molar-refractivity contribution in [3.05, 3.63) is 70.8 Å². The highest BCUT2D eigenvalue weighted by molar-refractivity contribution is 5.29. The molecule has 0 aliphatic carbocycles. The van der Waals surface area contributed by atoms with E-state index in [-0.39, 0.29) is 6.04 Å². The van der Waals surface area contributed by atoms with E-state index in [0.29, 0.717) is 17.9 Å². The smallest absolute Gasteiger partial charge is 0.162 e. The molecule has 0 radical (unpaired) electrons. The van der Waals surface area contributed by atoms with E-state index in [9.17, 15) is 8.78 Å². The molecule has 21 heavy (non-hydrogen) atoms. The van der Waals surface area contributed by atoms with Crippen LogP contribution in [-0.2, 0) is 6.42 Å². The van der Waals surface area contributed by atoms with Gasteiger partial charge in [0.15, 0.2) is 11.6 Å². The van der Waals surface area contributed by atoms with Crippen LogP contribution in [0.4, 0.5) is 8.78 Å². The number of hydrazine groups is 1. The summed E-state index contributed by atoms with van der Waals surface area (Å²) in [6, 6.07) is 11.9. The first-order valence-corrected chi connectivity index (χ1v) is 7.01. The summed E-state index contributed by atoms with van der Waals surface area (Å²) in [5.74, 6) is 4.38. The third-order valence-corrected chi connectivity index (χ3v) is 3.66. The molecule has 0 spiro atoms. The van der Waals surface area contributed by atoms with E-state index in [4.69, 9.17) is 5.84 Å². The van der Waals surface area contributed by atoms with Crippen molar-refractivity contribution in [3.8, 4) is 0 Å². The number of rotatable bonds is 5. The summed E-state index contributed by atoms with van der Waals surface area (Å²) >= 11 is 0. The Morgan fingerprint density at radius 1 is 1.00 bits per heavy atom. The predicted octanol–water partition coefficient (Wildman–Crippen LogP) is 3.84. The minimum absolute atomic E-state index is 0.262. The molecular weight excluding hydrogens is 270 g/mol. The van der Waals surface area contributed by atoms with Crippen molar-refractivity contribution < 1.29 is 8.78 Å². The SMILES string of the molecule is CC(C)c1ccc(C(Cc2cccc(F)c2F)NN)cc1. The molecule has 0 saturated heterocycles. The summed E-state index contributed by atoms with van der Waals surface area (Å²) in [7, 11) is 0. The van der Waals surface area contributed by atoms with Gasteiger partial charge in [0.2, 0.25) is 0 Å². The lowest BCUT2D eigenvalue weighted by Crippen LogP contribution is -2.29. The molecule has 1 atom stereocenters. The van der Waals surface area contributed by atoms with E-state index in [1.807, 2.05) is 24.3 Å². The number of hydrogen-bond donors (Lipinski definition) is 2. The van der Waals surface area contributed by atoms with Gasteiger partial charge in [-0.05, 0) is 35.1 Å². The van der Waals surface area contributed by atoms with Crippen LogP contribution in [0.3, 0.4) is 0 Å². The highest BCUT2D eigenvalue weighted by atomic mass is 19.2. The van der Waals surface area contributed by atoms with Gasteiger partial charge >= 0.3 is 0 Å². The molecule has 0 amide bonds. The largest absolute Gasteiger partial charge is 0.271 e. The maximum absolute atomic E-state index is 13.7. The minimum atomic E-state index is -0.835. The van der Waals surface area contributed by atoms with E-state index < -0.39 is 11.6 Å². The van der Waals surface area contributed by atoms with Gasteiger partial charge in [0, 0.05) is 0 Å². The van der Waals surface area contributed by atoms with Crippen molar-refractivity contribution in [2.75, 3.05) is 0 Å². The van der Waals surface area contributed by atoms with E-state index in [1.54, 1.807) is 6.07 Å². The third-order valence-electron chi connectivity index (χ3n) is 3.66. The van der Waals surface area contributed by atoms with Crippen molar-refractivity contribution in [2.24, 2.45) is 5.84 Å². The maximum atomic E-state index is 13.7. The molecule has 112 valence electrons. The van der Waals surface area contributed by atoms with Crippen molar-refractivity contribution in [1.29, 1.82) is 0 Å². The Kier molecular flexibility index (Phi) is 5.04. The van der Waals surface area contributed by atoms with Gasteiger partial charge < -0.3 is 0 Å². The Balaban J connectivity index is 2.21. The summed E-state index contributed by atoms with van der Waals surface area (Å²) < 4.78 is 27.0. The second kappa shape index (κ2) is 6.78. The number of halogens is 2. The number of benzene rings is 2. The zero-order chi connectivity index (χ0) is 15.4. The summed E-state index contributed by atoms with van der Waals surface area (Å²) in [6.45, 7) is 4.24. The summed E-state index contributed by atoms with van der Waals surface area (Å²) in [5, 5.41) is 0. The number of nitrogens with two attached hydrogens (primary N) is 1. The quantitative estimate of drug-likeness (QED) is 0.648. The highest BCUT2D eigenvalue weighted by Crippen LogP contribution is 2.23. The fourth-order valence-electron chi connectivity index (χ4n) is 2.31. The first-order chi connectivity index (χ1) is 10.0. The van der Waals surface area contributed by atoms with Gasteiger partial charge in [-0.1, -0.05) is 50.2 Å². The first kappa shape index (κ1) is 15.6. The topological polar surface area (TPSA) is 38.0 Å². The van der Waals surface area contributed by atoms with Gasteiger partial charge in [-0.3, -0.25) is 11.3 Å². The summed E-state index contributed by atoms with van der Waals surface area (Å²) in [6.07, 6.45) is 0.293. The van der Waals surface area contributed by atoms with Gasteiger partial charge in [0.05, 0.1) is 6.04 Å². The average Bonchev–Trinajstić information content (AvgIpc) is 2.49.